The van der Waals surface area contributed by atoms with Gasteiger partial charge in [-0.1, -0.05) is 0 Å². The molecule has 0 spiro atoms. The molecule has 0 aromatic heterocycles. The molecule has 3 N–H and O–H groups in total. The molecule has 6 heteroatoms. The van der Waals surface area contributed by atoms with Crippen LogP contribution in [-0.2, 0) is 0 Å². The van der Waals surface area contributed by atoms with E-state index in [-0.39, 0.29) is 18.3 Å². The normalized spacial score (nSPS) is 22.4. The van der Waals surface area contributed by atoms with Crippen LogP contribution in [-0.4, -0.2) is 56.6 Å². The number of rotatable bonds is 4. The Morgan fingerprint density at radius 3 is 2.43 bits per heavy atom. The summed E-state index contributed by atoms with van der Waals surface area (Å²) in [5.74, 6) is 0.451. The average molecular weight is 339 g/mol. The number of halogens is 1. The number of piperidine rings is 1. The van der Waals surface area contributed by atoms with Gasteiger partial charge in [-0.25, -0.2) is 0 Å². The van der Waals surface area contributed by atoms with Gasteiger partial charge >= 0.3 is 0 Å². The SMILES string of the molecule is Cl.NC(=O)c1ccc(N2CCN(CC3CCCNC3)CC2)cc1. The summed E-state index contributed by atoms with van der Waals surface area (Å²) in [4.78, 5) is 16.1. The third-order valence-electron chi connectivity index (χ3n) is 4.80. The number of nitrogens with two attached hydrogens (primary N) is 1. The molecule has 1 unspecified atom stereocenters. The van der Waals surface area contributed by atoms with E-state index in [1.165, 1.54) is 38.2 Å². The second-order valence-corrected chi connectivity index (χ2v) is 6.41. The van der Waals surface area contributed by atoms with Crippen molar-refractivity contribution in [2.45, 2.75) is 12.8 Å². The Kier molecular flexibility index (Phi) is 6.69. The van der Waals surface area contributed by atoms with E-state index in [0.717, 1.165) is 32.1 Å². The van der Waals surface area contributed by atoms with Crippen LogP contribution in [0, 0.1) is 5.92 Å². The molecular weight excluding hydrogens is 312 g/mol. The number of benzene rings is 1. The maximum Gasteiger partial charge on any atom is 0.248 e. The monoisotopic (exact) mass is 338 g/mol. The van der Waals surface area contributed by atoms with Gasteiger partial charge < -0.3 is 16.0 Å². The lowest BCUT2D eigenvalue weighted by Crippen LogP contribution is -2.49. The second-order valence-electron chi connectivity index (χ2n) is 6.41. The van der Waals surface area contributed by atoms with Crippen molar-refractivity contribution >= 4 is 24.0 Å². The summed E-state index contributed by atoms with van der Waals surface area (Å²) in [6, 6.07) is 7.64. The number of amides is 1. The number of hydrogen-bond donors (Lipinski definition) is 2. The fourth-order valence-electron chi connectivity index (χ4n) is 3.47. The Morgan fingerprint density at radius 1 is 1.17 bits per heavy atom. The minimum Gasteiger partial charge on any atom is -0.369 e. The highest BCUT2D eigenvalue weighted by molar-refractivity contribution is 5.93. The lowest BCUT2D eigenvalue weighted by molar-refractivity contribution is 0.100. The van der Waals surface area contributed by atoms with Gasteiger partial charge in [0, 0.05) is 44.0 Å². The van der Waals surface area contributed by atoms with E-state index in [0.29, 0.717) is 5.56 Å². The number of carbonyl (C=O) groups excluding carboxylic acids is 1. The number of nitrogens with one attached hydrogen (secondary N) is 1. The van der Waals surface area contributed by atoms with Crippen molar-refractivity contribution in [3.05, 3.63) is 29.8 Å². The van der Waals surface area contributed by atoms with Gasteiger partial charge in [-0.15, -0.1) is 12.4 Å². The first-order valence-corrected chi connectivity index (χ1v) is 8.30. The molecule has 23 heavy (non-hydrogen) atoms. The summed E-state index contributed by atoms with van der Waals surface area (Å²) in [7, 11) is 0. The fourth-order valence-corrected chi connectivity index (χ4v) is 3.47. The number of anilines is 1. The molecule has 1 aromatic carbocycles. The number of hydrogen-bond acceptors (Lipinski definition) is 4. The third-order valence-corrected chi connectivity index (χ3v) is 4.80. The summed E-state index contributed by atoms with van der Waals surface area (Å²) in [6.45, 7) is 7.93. The molecule has 5 nitrogen and oxygen atoms in total. The smallest absolute Gasteiger partial charge is 0.248 e. The van der Waals surface area contributed by atoms with Crippen LogP contribution >= 0.6 is 12.4 Å². The predicted octanol–water partition coefficient (Wildman–Crippen LogP) is 1.33. The minimum absolute atomic E-state index is 0. The molecule has 128 valence electrons. The first kappa shape index (κ1) is 18.0. The van der Waals surface area contributed by atoms with Crippen molar-refractivity contribution in [1.82, 2.24) is 10.2 Å². The molecule has 1 amide bonds. The summed E-state index contributed by atoms with van der Waals surface area (Å²) < 4.78 is 0. The first-order valence-electron chi connectivity index (χ1n) is 8.30. The standard InChI is InChI=1S/C17H26N4O.ClH/c18-17(22)15-3-5-16(6-4-15)21-10-8-20(9-11-21)13-14-2-1-7-19-12-14;/h3-6,14,19H,1-2,7-13H2,(H2,18,22);1H. The van der Waals surface area contributed by atoms with Crippen LogP contribution in [0.15, 0.2) is 24.3 Å². The molecule has 2 saturated heterocycles. The van der Waals surface area contributed by atoms with E-state index < -0.39 is 0 Å². The molecule has 0 bridgehead atoms. The lowest BCUT2D eigenvalue weighted by atomic mass is 9.99. The summed E-state index contributed by atoms with van der Waals surface area (Å²) in [6.07, 6.45) is 2.68. The highest BCUT2D eigenvalue weighted by atomic mass is 35.5. The first-order chi connectivity index (χ1) is 10.7. The van der Waals surface area contributed by atoms with E-state index in [1.54, 1.807) is 0 Å². The molecule has 0 radical (unpaired) electrons. The van der Waals surface area contributed by atoms with Crippen LogP contribution in [0.5, 0.6) is 0 Å². The number of carbonyl (C=O) groups is 1. The highest BCUT2D eigenvalue weighted by Gasteiger charge is 2.21. The Balaban J connectivity index is 0.00000192. The molecular formula is C17H27ClN4O. The molecule has 2 aliphatic heterocycles. The zero-order valence-corrected chi connectivity index (χ0v) is 14.4. The molecule has 1 aromatic rings. The predicted molar refractivity (Wildman–Crippen MR) is 96.5 cm³/mol. The molecule has 2 aliphatic rings. The van der Waals surface area contributed by atoms with Crippen LogP contribution in [0.4, 0.5) is 5.69 Å². The highest BCUT2D eigenvalue weighted by Crippen LogP contribution is 2.19. The Morgan fingerprint density at radius 2 is 1.87 bits per heavy atom. The van der Waals surface area contributed by atoms with E-state index in [2.05, 4.69) is 15.1 Å². The van der Waals surface area contributed by atoms with Gasteiger partial charge in [0.15, 0.2) is 0 Å². The molecule has 2 fully saturated rings. The number of piperazine rings is 1. The summed E-state index contributed by atoms with van der Waals surface area (Å²) in [5, 5.41) is 3.50. The second kappa shape index (κ2) is 8.52. The van der Waals surface area contributed by atoms with E-state index in [1.807, 2.05) is 24.3 Å². The third kappa shape index (κ3) is 4.83. The number of primary amides is 1. The molecule has 0 aliphatic carbocycles. The molecule has 2 heterocycles. The minimum atomic E-state index is -0.363. The van der Waals surface area contributed by atoms with Crippen LogP contribution in [0.3, 0.4) is 0 Å². The van der Waals surface area contributed by atoms with Crippen molar-refractivity contribution in [2.24, 2.45) is 11.7 Å². The molecule has 1 atom stereocenters. The maximum absolute atomic E-state index is 11.1. The van der Waals surface area contributed by atoms with Crippen molar-refractivity contribution in [1.29, 1.82) is 0 Å². The van der Waals surface area contributed by atoms with E-state index in [9.17, 15) is 4.79 Å². The maximum atomic E-state index is 11.1. The Bertz CT molecular complexity index is 494. The van der Waals surface area contributed by atoms with Crippen LogP contribution in [0.1, 0.15) is 23.2 Å². The van der Waals surface area contributed by atoms with Gasteiger partial charge in [-0.05, 0) is 56.1 Å². The molecule has 3 rings (SSSR count). The van der Waals surface area contributed by atoms with Crippen molar-refractivity contribution in [3.63, 3.8) is 0 Å². The van der Waals surface area contributed by atoms with Crippen molar-refractivity contribution in [3.8, 4) is 0 Å². The fraction of sp³-hybridized carbons (Fsp3) is 0.588. The Labute approximate surface area is 144 Å². The van der Waals surface area contributed by atoms with Crippen LogP contribution in [0.2, 0.25) is 0 Å². The zero-order chi connectivity index (χ0) is 15.4. The topological polar surface area (TPSA) is 61.6 Å². The molecule has 0 saturated carbocycles. The van der Waals surface area contributed by atoms with Crippen LogP contribution in [0.25, 0.3) is 0 Å². The van der Waals surface area contributed by atoms with Gasteiger partial charge in [0.05, 0.1) is 0 Å². The summed E-state index contributed by atoms with van der Waals surface area (Å²) >= 11 is 0. The van der Waals surface area contributed by atoms with E-state index in [4.69, 9.17) is 5.73 Å². The zero-order valence-electron chi connectivity index (χ0n) is 13.5. The van der Waals surface area contributed by atoms with Crippen molar-refractivity contribution < 1.29 is 4.79 Å². The quantitative estimate of drug-likeness (QED) is 0.869. The number of nitrogens with zero attached hydrogens (tertiary/aromatic N) is 2. The van der Waals surface area contributed by atoms with Gasteiger partial charge in [0.25, 0.3) is 0 Å². The largest absolute Gasteiger partial charge is 0.369 e. The van der Waals surface area contributed by atoms with Gasteiger partial charge in [0.2, 0.25) is 5.91 Å². The summed E-state index contributed by atoms with van der Waals surface area (Å²) in [5.41, 5.74) is 7.05. The van der Waals surface area contributed by atoms with Gasteiger partial charge in [-0.2, -0.15) is 0 Å². The van der Waals surface area contributed by atoms with Gasteiger partial charge in [-0.3, -0.25) is 9.69 Å². The average Bonchev–Trinajstić information content (AvgIpc) is 2.57. The van der Waals surface area contributed by atoms with Crippen molar-refractivity contribution in [2.75, 3.05) is 50.7 Å². The Hall–Kier alpha value is -1.30. The van der Waals surface area contributed by atoms with Gasteiger partial charge in [0.1, 0.15) is 0 Å². The van der Waals surface area contributed by atoms with E-state index >= 15 is 0 Å². The van der Waals surface area contributed by atoms with Crippen LogP contribution < -0.4 is 16.0 Å². The lowest BCUT2D eigenvalue weighted by Gasteiger charge is -2.38.